The van der Waals surface area contributed by atoms with E-state index in [1.807, 2.05) is 12.1 Å². The van der Waals surface area contributed by atoms with Gasteiger partial charge in [-0.15, -0.1) is 0 Å². The Hall–Kier alpha value is -1.44. The Morgan fingerprint density at radius 2 is 2.00 bits per heavy atom. The molecule has 0 heterocycles. The van der Waals surface area contributed by atoms with E-state index < -0.39 is 0 Å². The van der Waals surface area contributed by atoms with Gasteiger partial charge < -0.3 is 10.6 Å². The van der Waals surface area contributed by atoms with Gasteiger partial charge in [0.2, 0.25) is 0 Å². The molecule has 2 rings (SSSR count). The number of benzene rings is 1. The van der Waals surface area contributed by atoms with Crippen LogP contribution in [0.2, 0.25) is 0 Å². The molecule has 1 aliphatic rings. The predicted octanol–water partition coefficient (Wildman–Crippen LogP) is 4.06. The Balaban J connectivity index is 2.01. The van der Waals surface area contributed by atoms with Crippen molar-refractivity contribution in [2.24, 2.45) is 5.92 Å². The highest BCUT2D eigenvalue weighted by atomic mass is 15.1. The second-order valence-electron chi connectivity index (χ2n) is 5.91. The third kappa shape index (κ3) is 3.52. The van der Waals surface area contributed by atoms with Crippen LogP contribution < -0.4 is 5.73 Å². The van der Waals surface area contributed by atoms with E-state index in [1.165, 1.54) is 43.2 Å². The van der Waals surface area contributed by atoms with E-state index in [9.17, 15) is 0 Å². The highest BCUT2D eigenvalue weighted by molar-refractivity contribution is 5.66. The first-order chi connectivity index (χ1) is 9.08. The van der Waals surface area contributed by atoms with E-state index in [2.05, 4.69) is 31.5 Å². The van der Waals surface area contributed by atoms with Gasteiger partial charge in [0.05, 0.1) is 0 Å². The van der Waals surface area contributed by atoms with Crippen molar-refractivity contribution in [2.75, 3.05) is 19.3 Å². The van der Waals surface area contributed by atoms with Crippen molar-refractivity contribution in [3.63, 3.8) is 0 Å². The van der Waals surface area contributed by atoms with Crippen LogP contribution in [-0.4, -0.2) is 18.5 Å². The molecule has 1 fully saturated rings. The molecule has 0 unspecified atom stereocenters. The fourth-order valence-corrected chi connectivity index (χ4v) is 3.08. The molecule has 0 amide bonds. The van der Waals surface area contributed by atoms with Crippen molar-refractivity contribution >= 4 is 11.4 Å². The Kier molecular flexibility index (Phi) is 4.52. The van der Waals surface area contributed by atoms with Crippen LogP contribution in [0, 0.1) is 12.8 Å². The fourth-order valence-electron chi connectivity index (χ4n) is 3.08. The lowest BCUT2D eigenvalue weighted by Gasteiger charge is -2.30. The standard InChI is InChI=1S/C17H26N2/c1-13-11-16(18)9-10-17(13)14(2)19(3)12-15-7-5-4-6-8-15/h9-11,15H,2,4-8,12,18H2,1,3H3. The van der Waals surface area contributed by atoms with E-state index >= 15 is 0 Å². The summed E-state index contributed by atoms with van der Waals surface area (Å²) in [5, 5.41) is 0. The van der Waals surface area contributed by atoms with Gasteiger partial charge >= 0.3 is 0 Å². The van der Waals surface area contributed by atoms with Gasteiger partial charge in [-0.2, -0.15) is 0 Å². The highest BCUT2D eigenvalue weighted by Crippen LogP contribution is 2.27. The summed E-state index contributed by atoms with van der Waals surface area (Å²) in [5.74, 6) is 0.838. The maximum absolute atomic E-state index is 5.81. The Morgan fingerprint density at radius 3 is 2.63 bits per heavy atom. The zero-order valence-electron chi connectivity index (χ0n) is 12.3. The van der Waals surface area contributed by atoms with Gasteiger partial charge in [-0.3, -0.25) is 0 Å². The summed E-state index contributed by atoms with van der Waals surface area (Å²) in [6.07, 6.45) is 6.95. The minimum Gasteiger partial charge on any atom is -0.399 e. The molecule has 1 aromatic rings. The molecule has 1 aromatic carbocycles. The first-order valence-electron chi connectivity index (χ1n) is 7.34. The van der Waals surface area contributed by atoms with Crippen LogP contribution in [-0.2, 0) is 0 Å². The van der Waals surface area contributed by atoms with Crippen LogP contribution in [0.5, 0.6) is 0 Å². The molecule has 0 radical (unpaired) electrons. The molecule has 19 heavy (non-hydrogen) atoms. The van der Waals surface area contributed by atoms with Gasteiger partial charge in [-0.05, 0) is 43.4 Å². The zero-order chi connectivity index (χ0) is 13.8. The second-order valence-corrected chi connectivity index (χ2v) is 5.91. The van der Waals surface area contributed by atoms with E-state index in [0.717, 1.165) is 23.8 Å². The molecule has 1 saturated carbocycles. The van der Waals surface area contributed by atoms with Gasteiger partial charge in [0.25, 0.3) is 0 Å². The maximum Gasteiger partial charge on any atom is 0.0367 e. The van der Waals surface area contributed by atoms with Crippen LogP contribution in [0.15, 0.2) is 24.8 Å². The topological polar surface area (TPSA) is 29.3 Å². The second kappa shape index (κ2) is 6.14. The fraction of sp³-hybridized carbons (Fsp3) is 0.529. The van der Waals surface area contributed by atoms with Crippen molar-refractivity contribution in [2.45, 2.75) is 39.0 Å². The number of hydrogen-bond acceptors (Lipinski definition) is 2. The lowest BCUT2D eigenvalue weighted by molar-refractivity contribution is 0.289. The van der Waals surface area contributed by atoms with Crippen molar-refractivity contribution in [3.8, 4) is 0 Å². The van der Waals surface area contributed by atoms with Gasteiger partial charge in [-0.1, -0.05) is 31.9 Å². The molecule has 2 nitrogen and oxygen atoms in total. The van der Waals surface area contributed by atoms with E-state index in [-0.39, 0.29) is 0 Å². The molecule has 0 saturated heterocycles. The first kappa shape index (κ1) is 14.0. The normalized spacial score (nSPS) is 16.3. The number of rotatable bonds is 4. The molecule has 1 aliphatic carbocycles. The largest absolute Gasteiger partial charge is 0.399 e. The van der Waals surface area contributed by atoms with E-state index in [0.29, 0.717) is 0 Å². The van der Waals surface area contributed by atoms with Crippen LogP contribution in [0.3, 0.4) is 0 Å². The molecule has 0 aromatic heterocycles. The molecule has 2 heteroatoms. The molecule has 0 bridgehead atoms. The summed E-state index contributed by atoms with van der Waals surface area (Å²) in [5.41, 5.74) is 10.2. The lowest BCUT2D eigenvalue weighted by Crippen LogP contribution is -2.25. The summed E-state index contributed by atoms with van der Waals surface area (Å²) >= 11 is 0. The SMILES string of the molecule is C=C(c1ccc(N)cc1C)N(C)CC1CCCCC1. The Labute approximate surface area is 117 Å². The highest BCUT2D eigenvalue weighted by Gasteiger charge is 2.17. The quantitative estimate of drug-likeness (QED) is 0.825. The number of anilines is 1. The molecule has 0 aliphatic heterocycles. The van der Waals surface area contributed by atoms with Crippen molar-refractivity contribution in [1.82, 2.24) is 4.90 Å². The summed E-state index contributed by atoms with van der Waals surface area (Å²) in [7, 11) is 2.16. The molecular formula is C17H26N2. The summed E-state index contributed by atoms with van der Waals surface area (Å²) in [4.78, 5) is 2.31. The minimum absolute atomic E-state index is 0.823. The number of nitrogen functional groups attached to an aromatic ring is 1. The number of nitrogens with zero attached hydrogens (tertiary/aromatic N) is 1. The molecular weight excluding hydrogens is 232 g/mol. The average Bonchev–Trinajstić information content (AvgIpc) is 2.39. The molecule has 0 spiro atoms. The van der Waals surface area contributed by atoms with Crippen molar-refractivity contribution < 1.29 is 0 Å². The summed E-state index contributed by atoms with van der Waals surface area (Å²) in [6, 6.07) is 6.07. The monoisotopic (exact) mass is 258 g/mol. The van der Waals surface area contributed by atoms with Crippen LogP contribution in [0.1, 0.15) is 43.2 Å². The third-order valence-electron chi connectivity index (χ3n) is 4.28. The summed E-state index contributed by atoms with van der Waals surface area (Å²) < 4.78 is 0. The maximum atomic E-state index is 5.81. The predicted molar refractivity (Wildman–Crippen MR) is 83.8 cm³/mol. The van der Waals surface area contributed by atoms with Crippen LogP contribution >= 0.6 is 0 Å². The lowest BCUT2D eigenvalue weighted by atomic mass is 9.89. The van der Waals surface area contributed by atoms with Crippen LogP contribution in [0.4, 0.5) is 5.69 Å². The molecule has 2 N–H and O–H groups in total. The summed E-state index contributed by atoms with van der Waals surface area (Å²) in [6.45, 7) is 7.50. The van der Waals surface area contributed by atoms with Gasteiger partial charge in [0.15, 0.2) is 0 Å². The number of nitrogens with two attached hydrogens (primary N) is 1. The van der Waals surface area contributed by atoms with Gasteiger partial charge in [-0.25, -0.2) is 0 Å². The molecule has 104 valence electrons. The van der Waals surface area contributed by atoms with Crippen LogP contribution in [0.25, 0.3) is 5.70 Å². The third-order valence-corrected chi connectivity index (χ3v) is 4.28. The van der Waals surface area contributed by atoms with Crippen molar-refractivity contribution in [1.29, 1.82) is 0 Å². The van der Waals surface area contributed by atoms with E-state index in [1.54, 1.807) is 0 Å². The van der Waals surface area contributed by atoms with E-state index in [4.69, 9.17) is 5.73 Å². The van der Waals surface area contributed by atoms with Gasteiger partial charge in [0, 0.05) is 30.5 Å². The van der Waals surface area contributed by atoms with Crippen molar-refractivity contribution in [3.05, 3.63) is 35.9 Å². The number of aryl methyl sites for hydroxylation is 1. The number of hydrogen-bond donors (Lipinski definition) is 1. The molecule has 0 atom stereocenters. The average molecular weight is 258 g/mol. The zero-order valence-corrected chi connectivity index (χ0v) is 12.3. The smallest absolute Gasteiger partial charge is 0.0367 e. The Bertz CT molecular complexity index is 445. The first-order valence-corrected chi connectivity index (χ1v) is 7.34. The minimum atomic E-state index is 0.823. The Morgan fingerprint density at radius 1 is 1.32 bits per heavy atom. The van der Waals surface area contributed by atoms with Gasteiger partial charge in [0.1, 0.15) is 0 Å².